The highest BCUT2D eigenvalue weighted by Crippen LogP contribution is 2.31. The molecule has 0 radical (unpaired) electrons. The molecular weight excluding hydrogens is 414 g/mol. The van der Waals surface area contributed by atoms with Crippen LogP contribution in [0.1, 0.15) is 30.6 Å². The number of nitrogens with two attached hydrogens (primary N) is 1. The van der Waals surface area contributed by atoms with E-state index in [0.717, 1.165) is 11.2 Å². The summed E-state index contributed by atoms with van der Waals surface area (Å²) in [5.41, 5.74) is 9.95. The van der Waals surface area contributed by atoms with Gasteiger partial charge in [0, 0.05) is 23.9 Å². The van der Waals surface area contributed by atoms with Crippen molar-refractivity contribution in [3.8, 4) is 5.69 Å². The third kappa shape index (κ3) is 4.33. The predicted octanol–water partition coefficient (Wildman–Crippen LogP) is 4.35. The van der Waals surface area contributed by atoms with Gasteiger partial charge in [0.2, 0.25) is 0 Å². The van der Waals surface area contributed by atoms with E-state index >= 15 is 0 Å². The summed E-state index contributed by atoms with van der Waals surface area (Å²) in [6.07, 6.45) is 0.862. The first-order chi connectivity index (χ1) is 15.0. The number of hydrogen-bond acceptors (Lipinski definition) is 5. The zero-order valence-corrected chi connectivity index (χ0v) is 18.2. The van der Waals surface area contributed by atoms with Crippen LogP contribution in [0.25, 0.3) is 27.9 Å². The number of nitrogen functional groups attached to an aromatic ring is 1. The molecular formula is C23H24ClN5O2. The number of para-hydroxylation sites is 2. The summed E-state index contributed by atoms with van der Waals surface area (Å²) < 4.78 is 7.27. The lowest BCUT2D eigenvalue weighted by molar-refractivity contribution is 0.0757. The molecule has 2 heterocycles. The Labute approximate surface area is 185 Å². The first-order valence-electron chi connectivity index (χ1n) is 10.2. The van der Waals surface area contributed by atoms with Crippen LogP contribution in [-0.4, -0.2) is 39.7 Å². The average molecular weight is 438 g/mol. The Morgan fingerprint density at radius 1 is 1.13 bits per heavy atom. The van der Waals surface area contributed by atoms with Gasteiger partial charge >= 0.3 is 0 Å². The molecule has 0 spiro atoms. The summed E-state index contributed by atoms with van der Waals surface area (Å²) >= 11 is 6.05. The maximum absolute atomic E-state index is 13.1. The number of aromatic nitrogens is 3. The highest BCUT2D eigenvalue weighted by Gasteiger charge is 2.24. The minimum Gasteiger partial charge on any atom is -0.384 e. The number of nitrogens with one attached hydrogen (secondary N) is 1. The molecule has 0 bridgehead atoms. The predicted molar refractivity (Wildman–Crippen MR) is 124 cm³/mol. The number of halogens is 1. The number of carbonyl (C=O) groups is 1. The molecule has 31 heavy (non-hydrogen) atoms. The molecule has 160 valence electrons. The second-order valence-electron chi connectivity index (χ2n) is 7.49. The fraction of sp³-hybridized carbons (Fsp3) is 0.261. The molecule has 0 aliphatic carbocycles. The molecule has 7 nitrogen and oxygen atoms in total. The van der Waals surface area contributed by atoms with Gasteiger partial charge in [0.1, 0.15) is 16.9 Å². The Morgan fingerprint density at radius 3 is 2.48 bits per heavy atom. The highest BCUT2D eigenvalue weighted by atomic mass is 35.5. The molecule has 3 N–H and O–H groups in total. The van der Waals surface area contributed by atoms with E-state index in [1.807, 2.05) is 50.2 Å². The van der Waals surface area contributed by atoms with E-state index in [2.05, 4.69) is 5.32 Å². The molecule has 1 amide bonds. The minimum absolute atomic E-state index is 0.159. The van der Waals surface area contributed by atoms with Gasteiger partial charge in [-0.1, -0.05) is 23.7 Å². The van der Waals surface area contributed by atoms with E-state index in [1.165, 1.54) is 0 Å². The molecule has 2 aromatic heterocycles. The van der Waals surface area contributed by atoms with Crippen LogP contribution in [0.4, 0.5) is 5.82 Å². The van der Waals surface area contributed by atoms with Gasteiger partial charge in [0.15, 0.2) is 5.65 Å². The Balaban J connectivity index is 1.77. The van der Waals surface area contributed by atoms with Crippen molar-refractivity contribution in [2.24, 2.45) is 0 Å². The number of carbonyl (C=O) groups excluding carboxylic acids is 1. The lowest BCUT2D eigenvalue weighted by Gasteiger charge is -2.09. The lowest BCUT2D eigenvalue weighted by atomic mass is 10.2. The fourth-order valence-electron chi connectivity index (χ4n) is 3.42. The van der Waals surface area contributed by atoms with Crippen molar-refractivity contribution in [3.63, 3.8) is 0 Å². The number of anilines is 1. The van der Waals surface area contributed by atoms with Gasteiger partial charge < -0.3 is 15.8 Å². The van der Waals surface area contributed by atoms with Gasteiger partial charge in [-0.05, 0) is 56.7 Å². The molecule has 2 aromatic carbocycles. The largest absolute Gasteiger partial charge is 0.384 e. The van der Waals surface area contributed by atoms with Crippen LogP contribution in [0.3, 0.4) is 0 Å². The van der Waals surface area contributed by atoms with E-state index in [-0.39, 0.29) is 17.8 Å². The lowest BCUT2D eigenvalue weighted by Crippen LogP contribution is -2.26. The normalized spacial score (nSPS) is 11.5. The van der Waals surface area contributed by atoms with Crippen molar-refractivity contribution in [2.75, 3.05) is 18.9 Å². The molecule has 0 atom stereocenters. The number of fused-ring (bicyclic) bond motifs is 2. The van der Waals surface area contributed by atoms with Crippen LogP contribution in [0.15, 0.2) is 48.5 Å². The molecule has 0 saturated heterocycles. The molecule has 0 fully saturated rings. The van der Waals surface area contributed by atoms with Gasteiger partial charge in [-0.15, -0.1) is 0 Å². The molecule has 0 saturated carbocycles. The number of hydrogen-bond donors (Lipinski definition) is 2. The Morgan fingerprint density at radius 2 is 1.81 bits per heavy atom. The van der Waals surface area contributed by atoms with E-state index in [1.54, 1.807) is 16.7 Å². The van der Waals surface area contributed by atoms with Crippen LogP contribution in [0.5, 0.6) is 0 Å². The summed E-state index contributed by atoms with van der Waals surface area (Å²) in [5, 5.41) is 3.53. The van der Waals surface area contributed by atoms with Gasteiger partial charge in [-0.25, -0.2) is 9.97 Å². The fourth-order valence-corrected chi connectivity index (χ4v) is 3.54. The van der Waals surface area contributed by atoms with Gasteiger partial charge in [0.05, 0.1) is 17.1 Å². The third-order valence-corrected chi connectivity index (χ3v) is 5.12. The molecule has 0 aliphatic rings. The van der Waals surface area contributed by atoms with Crippen LogP contribution < -0.4 is 11.1 Å². The third-order valence-electron chi connectivity index (χ3n) is 4.87. The molecule has 0 aliphatic heterocycles. The monoisotopic (exact) mass is 437 g/mol. The maximum Gasteiger partial charge on any atom is 0.257 e. The number of rotatable bonds is 7. The second kappa shape index (κ2) is 8.91. The van der Waals surface area contributed by atoms with Crippen molar-refractivity contribution in [1.82, 2.24) is 19.9 Å². The van der Waals surface area contributed by atoms with Crippen molar-refractivity contribution in [1.29, 1.82) is 0 Å². The standard InChI is InChI=1S/C23H24ClN5O2/c1-14(2)31-13-5-12-26-23(30)19-20-22(28-18-7-4-3-6-17(18)27-20)29(21(19)25)16-10-8-15(24)9-11-16/h3-4,6-11,14H,5,12-13,25H2,1-2H3,(H,26,30). The zero-order chi connectivity index (χ0) is 22.0. The number of amides is 1. The smallest absolute Gasteiger partial charge is 0.257 e. The van der Waals surface area contributed by atoms with E-state index in [9.17, 15) is 4.79 Å². The van der Waals surface area contributed by atoms with Crippen LogP contribution in [0, 0.1) is 0 Å². The zero-order valence-electron chi connectivity index (χ0n) is 17.4. The van der Waals surface area contributed by atoms with Gasteiger partial charge in [-0.3, -0.25) is 9.36 Å². The van der Waals surface area contributed by atoms with Crippen LogP contribution in [-0.2, 0) is 4.74 Å². The van der Waals surface area contributed by atoms with E-state index in [4.69, 9.17) is 32.0 Å². The average Bonchev–Trinajstić information content (AvgIpc) is 3.03. The van der Waals surface area contributed by atoms with Crippen LogP contribution in [0.2, 0.25) is 5.02 Å². The topological polar surface area (TPSA) is 95.1 Å². The quantitative estimate of drug-likeness (QED) is 0.419. The first-order valence-corrected chi connectivity index (χ1v) is 10.6. The molecule has 8 heteroatoms. The van der Waals surface area contributed by atoms with Crippen molar-refractivity contribution in [3.05, 3.63) is 59.1 Å². The van der Waals surface area contributed by atoms with E-state index < -0.39 is 0 Å². The summed E-state index contributed by atoms with van der Waals surface area (Å²) in [5.74, 6) is -0.00657. The Bertz CT molecular complexity index is 1230. The van der Waals surface area contributed by atoms with Crippen molar-refractivity contribution in [2.45, 2.75) is 26.4 Å². The summed E-state index contributed by atoms with van der Waals surface area (Å²) in [4.78, 5) is 22.6. The van der Waals surface area contributed by atoms with Crippen molar-refractivity contribution >= 4 is 45.5 Å². The Hall–Kier alpha value is -3.16. The molecule has 0 unspecified atom stereocenters. The Kier molecular flexibility index (Phi) is 6.06. The number of nitrogens with zero attached hydrogens (tertiary/aromatic N) is 3. The summed E-state index contributed by atoms with van der Waals surface area (Å²) in [6, 6.07) is 14.7. The first kappa shape index (κ1) is 21.1. The minimum atomic E-state index is -0.288. The SMILES string of the molecule is CC(C)OCCCNC(=O)c1c(N)n(-c2ccc(Cl)cc2)c2nc3ccccc3nc12. The van der Waals surface area contributed by atoms with Crippen LogP contribution >= 0.6 is 11.6 Å². The van der Waals surface area contributed by atoms with Crippen molar-refractivity contribution < 1.29 is 9.53 Å². The second-order valence-corrected chi connectivity index (χ2v) is 7.92. The van der Waals surface area contributed by atoms with Gasteiger partial charge in [0.25, 0.3) is 5.91 Å². The number of ether oxygens (including phenoxy) is 1. The summed E-state index contributed by atoms with van der Waals surface area (Å²) in [7, 11) is 0. The molecule has 4 aromatic rings. The number of benzene rings is 2. The van der Waals surface area contributed by atoms with E-state index in [0.29, 0.717) is 46.8 Å². The summed E-state index contributed by atoms with van der Waals surface area (Å²) in [6.45, 7) is 5.01. The highest BCUT2D eigenvalue weighted by molar-refractivity contribution is 6.30. The maximum atomic E-state index is 13.1. The van der Waals surface area contributed by atoms with Gasteiger partial charge in [-0.2, -0.15) is 0 Å². The molecule has 4 rings (SSSR count).